The van der Waals surface area contributed by atoms with E-state index >= 15 is 0 Å². The number of aryl methyl sites for hydroxylation is 2. The zero-order chi connectivity index (χ0) is 12.9. The Bertz CT molecular complexity index is 406. The van der Waals surface area contributed by atoms with Crippen LogP contribution in [0.4, 0.5) is 0 Å². The number of hydrogen-bond acceptors (Lipinski definition) is 1. The summed E-state index contributed by atoms with van der Waals surface area (Å²) in [7, 11) is 0. The summed E-state index contributed by atoms with van der Waals surface area (Å²) < 4.78 is 0. The molecule has 0 N–H and O–H groups in total. The summed E-state index contributed by atoms with van der Waals surface area (Å²) in [6.45, 7) is 8.55. The molecule has 0 heterocycles. The van der Waals surface area contributed by atoms with Crippen molar-refractivity contribution in [2.24, 2.45) is 0 Å². The van der Waals surface area contributed by atoms with Crippen molar-refractivity contribution < 1.29 is 0 Å². The predicted octanol–water partition coefficient (Wildman–Crippen LogP) is 4.67. The predicted molar refractivity (Wildman–Crippen MR) is 73.0 cm³/mol. The van der Waals surface area contributed by atoms with Crippen molar-refractivity contribution in [1.29, 1.82) is 5.26 Å². The molecule has 1 heteroatoms. The Kier molecular flexibility index (Phi) is 4.75. The van der Waals surface area contributed by atoms with Gasteiger partial charge in [-0.15, -0.1) is 0 Å². The Morgan fingerprint density at radius 2 is 1.65 bits per heavy atom. The molecule has 0 fully saturated rings. The molecule has 0 aliphatic heterocycles. The van der Waals surface area contributed by atoms with Gasteiger partial charge in [-0.3, -0.25) is 0 Å². The van der Waals surface area contributed by atoms with Gasteiger partial charge < -0.3 is 0 Å². The van der Waals surface area contributed by atoms with Crippen LogP contribution < -0.4 is 0 Å². The van der Waals surface area contributed by atoms with E-state index in [-0.39, 0.29) is 5.41 Å². The summed E-state index contributed by atoms with van der Waals surface area (Å²) in [6, 6.07) is 9.06. The minimum Gasteiger partial charge on any atom is -0.197 e. The van der Waals surface area contributed by atoms with E-state index in [9.17, 15) is 5.26 Å². The van der Waals surface area contributed by atoms with E-state index in [4.69, 9.17) is 0 Å². The topological polar surface area (TPSA) is 23.8 Å². The maximum atomic E-state index is 9.60. The third-order valence-corrected chi connectivity index (χ3v) is 3.63. The second-order valence-corrected chi connectivity index (χ2v) is 4.99. The van der Waals surface area contributed by atoms with Gasteiger partial charge >= 0.3 is 0 Å². The lowest BCUT2D eigenvalue weighted by Gasteiger charge is -2.27. The van der Waals surface area contributed by atoms with Crippen molar-refractivity contribution >= 4 is 0 Å². The van der Waals surface area contributed by atoms with E-state index in [0.717, 1.165) is 25.7 Å². The normalized spacial score (nSPS) is 11.2. The van der Waals surface area contributed by atoms with Gasteiger partial charge in [-0.25, -0.2) is 0 Å². The van der Waals surface area contributed by atoms with Crippen LogP contribution in [0.2, 0.25) is 0 Å². The number of rotatable bonds is 5. The van der Waals surface area contributed by atoms with Crippen LogP contribution in [0.3, 0.4) is 0 Å². The van der Waals surface area contributed by atoms with E-state index in [1.807, 2.05) is 0 Å². The summed E-state index contributed by atoms with van der Waals surface area (Å²) in [5.41, 5.74) is 3.51. The lowest BCUT2D eigenvalue weighted by molar-refractivity contribution is 0.453. The Balaban J connectivity index is 3.21. The van der Waals surface area contributed by atoms with Crippen LogP contribution in [0.15, 0.2) is 18.2 Å². The van der Waals surface area contributed by atoms with Gasteiger partial charge in [0.15, 0.2) is 0 Å². The van der Waals surface area contributed by atoms with E-state index in [2.05, 4.69) is 52.0 Å². The molecule has 0 aromatic heterocycles. The van der Waals surface area contributed by atoms with Crippen molar-refractivity contribution in [1.82, 2.24) is 0 Å². The van der Waals surface area contributed by atoms with Gasteiger partial charge in [-0.1, -0.05) is 44.9 Å². The zero-order valence-corrected chi connectivity index (χ0v) is 11.5. The molecule has 0 atom stereocenters. The Morgan fingerprint density at radius 1 is 1.06 bits per heavy atom. The number of benzene rings is 1. The van der Waals surface area contributed by atoms with Crippen LogP contribution in [0, 0.1) is 25.2 Å². The van der Waals surface area contributed by atoms with Crippen LogP contribution in [0.25, 0.3) is 0 Å². The Hall–Kier alpha value is -1.29. The fraction of sp³-hybridized carbons (Fsp3) is 0.562. The first-order chi connectivity index (χ1) is 8.09. The van der Waals surface area contributed by atoms with Gasteiger partial charge in [0.25, 0.3) is 0 Å². The fourth-order valence-corrected chi connectivity index (χ4v) is 2.48. The van der Waals surface area contributed by atoms with Gasteiger partial charge in [-0.2, -0.15) is 5.26 Å². The van der Waals surface area contributed by atoms with Crippen LogP contribution in [0.5, 0.6) is 0 Å². The smallest absolute Gasteiger partial charge is 0.0822 e. The van der Waals surface area contributed by atoms with E-state index in [1.54, 1.807) is 0 Å². The van der Waals surface area contributed by atoms with Crippen molar-refractivity contribution in [3.05, 3.63) is 34.9 Å². The van der Waals surface area contributed by atoms with Gasteiger partial charge in [0, 0.05) is 0 Å². The van der Waals surface area contributed by atoms with E-state index < -0.39 is 0 Å². The first kappa shape index (κ1) is 13.8. The second-order valence-electron chi connectivity index (χ2n) is 4.99. The Morgan fingerprint density at radius 3 is 2.06 bits per heavy atom. The van der Waals surface area contributed by atoms with E-state index in [0.29, 0.717) is 0 Å². The van der Waals surface area contributed by atoms with Crippen molar-refractivity contribution in [3.63, 3.8) is 0 Å². The molecule has 1 nitrogen and oxygen atoms in total. The minimum absolute atomic E-state index is 0.276. The van der Waals surface area contributed by atoms with E-state index in [1.165, 1.54) is 16.7 Å². The molecule has 17 heavy (non-hydrogen) atoms. The summed E-state index contributed by atoms with van der Waals surface area (Å²) >= 11 is 0. The van der Waals surface area contributed by atoms with Crippen LogP contribution in [-0.4, -0.2) is 0 Å². The van der Waals surface area contributed by atoms with Crippen molar-refractivity contribution in [2.45, 2.75) is 58.8 Å². The molecule has 1 aromatic carbocycles. The number of hydrogen-bond donors (Lipinski definition) is 0. The van der Waals surface area contributed by atoms with Gasteiger partial charge in [-0.05, 0) is 43.4 Å². The highest BCUT2D eigenvalue weighted by Gasteiger charge is 2.30. The Labute approximate surface area is 105 Å². The highest BCUT2D eigenvalue weighted by Crippen LogP contribution is 2.34. The van der Waals surface area contributed by atoms with Gasteiger partial charge in [0.1, 0.15) is 0 Å². The lowest BCUT2D eigenvalue weighted by atomic mass is 9.74. The third kappa shape index (κ3) is 2.88. The van der Waals surface area contributed by atoms with Crippen LogP contribution in [0.1, 0.15) is 56.2 Å². The number of nitrogens with zero attached hydrogens (tertiary/aromatic N) is 1. The SMILES string of the molecule is CCCC(C#N)(CCC)c1ccc(C)c(C)c1. The summed E-state index contributed by atoms with van der Waals surface area (Å²) in [5.74, 6) is 0. The highest BCUT2D eigenvalue weighted by molar-refractivity contribution is 5.38. The molecule has 1 rings (SSSR count). The van der Waals surface area contributed by atoms with Gasteiger partial charge in [0.2, 0.25) is 0 Å². The monoisotopic (exact) mass is 229 g/mol. The molecule has 1 aromatic rings. The molecule has 0 aliphatic carbocycles. The maximum Gasteiger partial charge on any atom is 0.0822 e. The van der Waals surface area contributed by atoms with Crippen molar-refractivity contribution in [2.75, 3.05) is 0 Å². The molecule has 92 valence electrons. The fourth-order valence-electron chi connectivity index (χ4n) is 2.48. The summed E-state index contributed by atoms with van der Waals surface area (Å²) in [5, 5.41) is 9.60. The molecule has 0 spiro atoms. The molecule has 0 aliphatic rings. The summed E-state index contributed by atoms with van der Waals surface area (Å²) in [6.07, 6.45) is 4.03. The molecule has 0 amide bonds. The first-order valence-corrected chi connectivity index (χ1v) is 6.58. The van der Waals surface area contributed by atoms with Crippen molar-refractivity contribution in [3.8, 4) is 6.07 Å². The standard InChI is InChI=1S/C16H23N/c1-5-9-16(12-17,10-6-2)15-8-7-13(3)14(4)11-15/h7-8,11H,5-6,9-10H2,1-4H3. The molecule has 0 radical (unpaired) electrons. The minimum atomic E-state index is -0.276. The zero-order valence-electron chi connectivity index (χ0n) is 11.5. The highest BCUT2D eigenvalue weighted by atomic mass is 14.4. The second kappa shape index (κ2) is 5.87. The molecule has 0 unspecified atom stereocenters. The average molecular weight is 229 g/mol. The maximum absolute atomic E-state index is 9.60. The lowest BCUT2D eigenvalue weighted by Crippen LogP contribution is -2.24. The first-order valence-electron chi connectivity index (χ1n) is 6.58. The third-order valence-electron chi connectivity index (χ3n) is 3.63. The summed E-state index contributed by atoms with van der Waals surface area (Å²) in [4.78, 5) is 0. The average Bonchev–Trinajstić information content (AvgIpc) is 2.32. The molecule has 0 saturated heterocycles. The molecular weight excluding hydrogens is 206 g/mol. The largest absolute Gasteiger partial charge is 0.197 e. The molecular formula is C16H23N. The number of nitriles is 1. The van der Waals surface area contributed by atoms with Crippen LogP contribution >= 0.6 is 0 Å². The molecule has 0 bridgehead atoms. The molecule has 0 saturated carbocycles. The quantitative estimate of drug-likeness (QED) is 0.720. The van der Waals surface area contributed by atoms with Gasteiger partial charge in [0.05, 0.1) is 11.5 Å². The van der Waals surface area contributed by atoms with Crippen LogP contribution in [-0.2, 0) is 5.41 Å².